The number of hydrogen-bond acceptors (Lipinski definition) is 12. The summed E-state index contributed by atoms with van der Waals surface area (Å²) < 4.78 is 52.9. The third-order valence-electron chi connectivity index (χ3n) is 14.4. The van der Waals surface area contributed by atoms with Crippen molar-refractivity contribution in [2.75, 3.05) is 35.4 Å². The molecule has 3 aliphatic carbocycles. The van der Waals surface area contributed by atoms with Crippen LogP contribution < -0.4 is 0 Å². The molecule has 3 saturated heterocycles. The van der Waals surface area contributed by atoms with Crippen molar-refractivity contribution >= 4 is 24.0 Å². The molecular formula is C43H67N3O10S. The third kappa shape index (κ3) is 8.25. The number of ether oxygens (including phenoxy) is 8. The second-order valence-electron chi connectivity index (χ2n) is 17.8. The van der Waals surface area contributed by atoms with E-state index in [1.54, 1.807) is 21.3 Å². The van der Waals surface area contributed by atoms with Gasteiger partial charge < -0.3 is 52.3 Å². The van der Waals surface area contributed by atoms with Gasteiger partial charge in [0, 0.05) is 69.5 Å². The first-order chi connectivity index (χ1) is 27.3. The fourth-order valence-electron chi connectivity index (χ4n) is 11.5. The van der Waals surface area contributed by atoms with Crippen LogP contribution in [0.4, 0.5) is 0 Å². The lowest BCUT2D eigenvalue weighted by molar-refractivity contribution is -0.314. The molecule has 57 heavy (non-hydrogen) atoms. The Morgan fingerprint density at radius 3 is 2.32 bits per heavy atom. The van der Waals surface area contributed by atoms with Crippen LogP contribution in [0.5, 0.6) is 0 Å². The van der Waals surface area contributed by atoms with Crippen molar-refractivity contribution in [2.45, 2.75) is 165 Å². The van der Waals surface area contributed by atoms with Gasteiger partial charge in [0.15, 0.2) is 23.1 Å². The number of nitrogens with one attached hydrogen (secondary N) is 1. The number of nitrogens with zero attached hydrogens (tertiary/aromatic N) is 2. The predicted molar refractivity (Wildman–Crippen MR) is 214 cm³/mol. The molecule has 0 spiro atoms. The lowest BCUT2D eigenvalue weighted by Crippen LogP contribution is -2.59. The van der Waals surface area contributed by atoms with Crippen LogP contribution in [0.3, 0.4) is 0 Å². The van der Waals surface area contributed by atoms with Crippen LogP contribution in [-0.4, -0.2) is 129 Å². The van der Waals surface area contributed by atoms with Gasteiger partial charge in [-0.1, -0.05) is 19.9 Å². The van der Waals surface area contributed by atoms with Crippen molar-refractivity contribution in [3.63, 3.8) is 0 Å². The maximum absolute atomic E-state index is 15.0. The van der Waals surface area contributed by atoms with Gasteiger partial charge in [-0.05, 0) is 109 Å². The van der Waals surface area contributed by atoms with E-state index in [9.17, 15) is 4.79 Å². The highest BCUT2D eigenvalue weighted by Gasteiger charge is 2.57. The van der Waals surface area contributed by atoms with Crippen molar-refractivity contribution in [1.82, 2.24) is 14.5 Å². The molecule has 6 aliphatic rings. The predicted octanol–water partition coefficient (Wildman–Crippen LogP) is 5.96. The van der Waals surface area contributed by atoms with Gasteiger partial charge in [-0.3, -0.25) is 9.59 Å². The zero-order chi connectivity index (χ0) is 40.9. The first-order valence-electron chi connectivity index (χ1n) is 21.4. The lowest BCUT2D eigenvalue weighted by atomic mass is 9.66. The molecular weight excluding hydrogens is 751 g/mol. The number of aromatic amines is 1. The van der Waals surface area contributed by atoms with Gasteiger partial charge >= 0.3 is 5.97 Å². The van der Waals surface area contributed by atoms with Gasteiger partial charge in [-0.2, -0.15) is 0 Å². The number of carbonyl (C=O) groups excluding carboxylic acids is 2. The number of likely N-dealkylation sites (N-methyl/N-ethyl adjacent to an activating group) is 1. The van der Waals surface area contributed by atoms with Gasteiger partial charge in [0.1, 0.15) is 24.4 Å². The average molecular weight is 818 g/mol. The van der Waals surface area contributed by atoms with E-state index < -0.39 is 18.3 Å². The molecule has 4 heterocycles. The van der Waals surface area contributed by atoms with Crippen molar-refractivity contribution in [3.8, 4) is 0 Å². The highest BCUT2D eigenvalue weighted by Crippen LogP contribution is 2.61. The number of imidazole rings is 1. The molecule has 1 saturated carbocycles. The number of allylic oxidation sites excluding steroid dienone is 2. The van der Waals surface area contributed by atoms with Crippen molar-refractivity contribution in [2.24, 2.45) is 30.7 Å². The zero-order valence-electron chi connectivity index (χ0n) is 35.6. The Morgan fingerprint density at radius 2 is 1.65 bits per heavy atom. The second-order valence-corrected chi connectivity index (χ2v) is 18.2. The maximum Gasteiger partial charge on any atom is 0.306 e. The highest BCUT2D eigenvalue weighted by molar-refractivity contribution is 7.71. The number of Topliss-reactive ketones (excluding diaryl/α,β-unsaturated/α-hetero) is 1. The molecule has 13 nitrogen and oxygen atoms in total. The normalized spacial score (nSPS) is 42.6. The van der Waals surface area contributed by atoms with Crippen molar-refractivity contribution < 1.29 is 47.5 Å². The van der Waals surface area contributed by atoms with Crippen LogP contribution >= 0.6 is 12.2 Å². The highest BCUT2D eigenvalue weighted by atomic mass is 32.1. The molecule has 0 amide bonds. The molecule has 4 fully saturated rings. The van der Waals surface area contributed by atoms with E-state index in [1.807, 2.05) is 20.9 Å². The second kappa shape index (κ2) is 17.9. The summed E-state index contributed by atoms with van der Waals surface area (Å²) in [5.74, 6) is -0.914. The summed E-state index contributed by atoms with van der Waals surface area (Å²) in [6.45, 7) is 8.14. The minimum absolute atomic E-state index is 0.0137. The number of rotatable bonds is 9. The molecule has 7 rings (SSSR count). The minimum Gasteiger partial charge on any atom is -0.462 e. The summed E-state index contributed by atoms with van der Waals surface area (Å²) in [6.07, 6.45) is 5.33. The Hall–Kier alpha value is -2.01. The fraction of sp³-hybridized carbons (Fsp3) is 0.837. The van der Waals surface area contributed by atoms with Crippen LogP contribution in [0.2, 0.25) is 0 Å². The maximum atomic E-state index is 15.0. The Morgan fingerprint density at radius 1 is 0.912 bits per heavy atom. The Balaban J connectivity index is 1.20. The molecule has 14 heteroatoms. The zero-order valence-corrected chi connectivity index (χ0v) is 36.5. The number of carbonyl (C=O) groups is 2. The number of methoxy groups -OCH3 is 3. The van der Waals surface area contributed by atoms with Gasteiger partial charge in [0.05, 0.1) is 30.8 Å². The van der Waals surface area contributed by atoms with Crippen LogP contribution in [0.25, 0.3) is 0 Å². The summed E-state index contributed by atoms with van der Waals surface area (Å²) >= 11 is 5.89. The number of cyclic esters (lactones) is 1. The first-order valence-corrected chi connectivity index (χ1v) is 21.8. The Bertz CT molecular complexity index is 1680. The third-order valence-corrected chi connectivity index (χ3v) is 14.8. The lowest BCUT2D eigenvalue weighted by Gasteiger charge is -2.44. The summed E-state index contributed by atoms with van der Waals surface area (Å²) in [5.41, 5.74) is 2.86. The van der Waals surface area contributed by atoms with Gasteiger partial charge in [0.2, 0.25) is 0 Å². The Labute approximate surface area is 343 Å². The molecule has 17 atom stereocenters. The molecule has 320 valence electrons. The molecule has 1 aromatic rings. The Kier molecular flexibility index (Phi) is 13.5. The summed E-state index contributed by atoms with van der Waals surface area (Å²) in [7, 11) is 11.1. The molecule has 0 radical (unpaired) electrons. The number of ketones is 1. The summed E-state index contributed by atoms with van der Waals surface area (Å²) in [6, 6.07) is 0.318. The molecule has 0 unspecified atom stereocenters. The summed E-state index contributed by atoms with van der Waals surface area (Å²) in [5, 5.41) is 0. The minimum atomic E-state index is -0.654. The van der Waals surface area contributed by atoms with Crippen molar-refractivity contribution in [1.29, 1.82) is 0 Å². The molecule has 1 aromatic heterocycles. The topological polar surface area (TPSA) is 132 Å². The fourth-order valence-corrected chi connectivity index (χ4v) is 11.7. The largest absolute Gasteiger partial charge is 0.462 e. The molecule has 0 aromatic carbocycles. The molecule has 3 aliphatic heterocycles. The van der Waals surface area contributed by atoms with Gasteiger partial charge in [0.25, 0.3) is 0 Å². The van der Waals surface area contributed by atoms with Crippen LogP contribution in [0.1, 0.15) is 109 Å². The van der Waals surface area contributed by atoms with E-state index in [0.29, 0.717) is 22.8 Å². The number of esters is 1. The number of fused-ring (bicyclic) bond motifs is 8. The smallest absolute Gasteiger partial charge is 0.306 e. The molecule has 1 N–H and O–H groups in total. The van der Waals surface area contributed by atoms with Crippen molar-refractivity contribution in [3.05, 3.63) is 27.8 Å². The van der Waals surface area contributed by atoms with Gasteiger partial charge in [-0.25, -0.2) is 0 Å². The monoisotopic (exact) mass is 817 g/mol. The first kappa shape index (κ1) is 43.1. The average Bonchev–Trinajstić information content (AvgIpc) is 3.85. The van der Waals surface area contributed by atoms with E-state index in [0.717, 1.165) is 56.3 Å². The number of H-pyrrole nitrogens is 1. The van der Waals surface area contributed by atoms with E-state index in [2.05, 4.69) is 48.5 Å². The van der Waals surface area contributed by atoms with Crippen LogP contribution in [0.15, 0.2) is 11.6 Å². The van der Waals surface area contributed by atoms with Crippen LogP contribution in [0, 0.1) is 28.4 Å². The number of hydrogen-bond donors (Lipinski definition) is 1. The molecule has 0 bridgehead atoms. The van der Waals surface area contributed by atoms with Crippen LogP contribution in [-0.2, 0) is 54.5 Å². The summed E-state index contributed by atoms with van der Waals surface area (Å²) in [4.78, 5) is 34.7. The van der Waals surface area contributed by atoms with E-state index in [4.69, 9.17) is 50.1 Å². The SMILES string of the molecule is CC[C@H]1CCC[C@H](O[C@H]2CC[C@H](N(C)C)[C@@H](C)O2)[C@@H](C)C(=O)C2=C[C@H]3[C@@H]4C[C@H](O[C@@H]5O[C@@H](C)[C@H](OC)[C@@H](OC)[C@H]5OC)C[C@H]4c4c([nH]c(=S)n4C)[C@H]3[C@@H]2CC(=O)O1. The quantitative estimate of drug-likeness (QED) is 0.233. The van der Waals surface area contributed by atoms with E-state index in [-0.39, 0.29) is 96.8 Å². The standard InChI is InChI=1S/C43H67N3O10S/c1-11-24-13-12-14-32(56-34-16-15-31(45(5)6)22(3)52-34)21(2)38(48)30-19-27-26-17-25(55-42-41(51-10)40(50-9)39(49-8)23(4)53-42)18-29(26)37-36(44-43(57)46(37)7)35(27)28(30)20-33(47)54-24/h19,21-29,31-32,34-35,39-42H,11-18,20H2,1-10H3,(H,44,57)/t21-,22-,23+,24+,25+,26+,27+,28-,29-,31+,32+,34+,35-,39+,40-,41-,42+/m1/s1. The van der Waals surface area contributed by atoms with E-state index in [1.165, 1.54) is 0 Å². The van der Waals surface area contributed by atoms with Gasteiger partial charge in [-0.15, -0.1) is 0 Å². The van der Waals surface area contributed by atoms with E-state index >= 15 is 4.79 Å². The number of aromatic nitrogens is 2.